The minimum absolute atomic E-state index is 0.0511. The van der Waals surface area contributed by atoms with Gasteiger partial charge in [-0.15, -0.1) is 0 Å². The molecule has 1 heterocycles. The van der Waals surface area contributed by atoms with Crippen LogP contribution in [0.25, 0.3) is 0 Å². The highest BCUT2D eigenvalue weighted by molar-refractivity contribution is 6.18. The maximum atomic E-state index is 13.2. The predicted molar refractivity (Wildman–Crippen MR) is 145 cm³/mol. The summed E-state index contributed by atoms with van der Waals surface area (Å²) in [5.41, 5.74) is -1.78. The average Bonchev–Trinajstić information content (AvgIpc) is 3.37. The first kappa shape index (κ1) is 30.2. The molecule has 14 nitrogen and oxygen atoms in total. The van der Waals surface area contributed by atoms with Gasteiger partial charge in [0, 0.05) is 12.1 Å². The summed E-state index contributed by atoms with van der Waals surface area (Å²) in [6.45, 7) is -0.251. The quantitative estimate of drug-likeness (QED) is 0.151. The van der Waals surface area contributed by atoms with Gasteiger partial charge in [0.2, 0.25) is 5.78 Å². The Kier molecular flexibility index (Phi) is 8.69. The summed E-state index contributed by atoms with van der Waals surface area (Å²) in [7, 11) is 2.22. The summed E-state index contributed by atoms with van der Waals surface area (Å²) in [5.74, 6) is -6.14. The van der Waals surface area contributed by atoms with Gasteiger partial charge in [-0.3, -0.25) is 9.59 Å². The number of esters is 2. The van der Waals surface area contributed by atoms with E-state index in [-0.39, 0.29) is 30.0 Å². The van der Waals surface area contributed by atoms with E-state index in [1.807, 2.05) is 0 Å². The van der Waals surface area contributed by atoms with Crippen LogP contribution in [0.4, 0.5) is 4.79 Å². The highest BCUT2D eigenvalue weighted by Gasteiger charge is 2.40. The smallest absolute Gasteiger partial charge is 0.409 e. The molecular weight excluding hydrogens is 568 g/mol. The van der Waals surface area contributed by atoms with Crippen LogP contribution in [0.2, 0.25) is 0 Å². The Morgan fingerprint density at radius 2 is 1.42 bits per heavy atom. The standard InChI is InChI=1S/C29H26N2O12/c1-41-28(39)17-4-3-5-19(33)23(17)25(36)24-20(34)10-15(11-21(24)35)27(38)43-22-13-31(29(40)42-2)12-18(22)30-26(37)14-6-8-16(32)9-7-14/h3-11,18,22,32-35H,12-13H2,1-2H3,(H,30,37)/t18-,22-/m0/s1. The monoisotopic (exact) mass is 594 g/mol. The van der Waals surface area contributed by atoms with Gasteiger partial charge in [0.15, 0.2) is 0 Å². The predicted octanol–water partition coefficient (Wildman–Crippen LogP) is 1.93. The van der Waals surface area contributed by atoms with E-state index < -0.39 is 75.8 Å². The van der Waals surface area contributed by atoms with E-state index in [1.54, 1.807) is 0 Å². The molecule has 14 heteroatoms. The number of phenols is 4. The zero-order valence-corrected chi connectivity index (χ0v) is 22.8. The van der Waals surface area contributed by atoms with Crippen molar-refractivity contribution in [1.82, 2.24) is 10.2 Å². The SMILES string of the molecule is COC(=O)c1cccc(O)c1C(=O)c1c(O)cc(C(=O)O[C@H]2CN(C(=O)OC)C[C@@H]2NC(=O)c2ccc(O)cc2)cc1O. The number of nitrogens with one attached hydrogen (secondary N) is 1. The van der Waals surface area contributed by atoms with Crippen molar-refractivity contribution >= 4 is 29.7 Å². The van der Waals surface area contributed by atoms with Gasteiger partial charge in [0.05, 0.1) is 43.5 Å². The summed E-state index contributed by atoms with van der Waals surface area (Å²) in [5, 5.41) is 43.6. The number of carbonyl (C=O) groups is 5. The lowest BCUT2D eigenvalue weighted by Gasteiger charge is -2.20. The molecule has 0 saturated carbocycles. The highest BCUT2D eigenvalue weighted by Crippen LogP contribution is 2.35. The molecule has 2 amide bonds. The Morgan fingerprint density at radius 3 is 2.02 bits per heavy atom. The molecule has 1 saturated heterocycles. The number of phenolic OH excluding ortho intramolecular Hbond substituents is 4. The van der Waals surface area contributed by atoms with Gasteiger partial charge in [-0.2, -0.15) is 0 Å². The minimum Gasteiger partial charge on any atom is -0.508 e. The number of rotatable bonds is 7. The molecule has 1 fully saturated rings. The lowest BCUT2D eigenvalue weighted by molar-refractivity contribution is 0.0264. The van der Waals surface area contributed by atoms with Gasteiger partial charge in [-0.25, -0.2) is 14.4 Å². The maximum absolute atomic E-state index is 13.2. The second-order valence-corrected chi connectivity index (χ2v) is 9.36. The zero-order chi connectivity index (χ0) is 31.4. The molecule has 1 aliphatic rings. The fourth-order valence-electron chi connectivity index (χ4n) is 4.53. The van der Waals surface area contributed by atoms with Gasteiger partial charge in [-0.1, -0.05) is 6.07 Å². The van der Waals surface area contributed by atoms with Crippen LogP contribution in [-0.2, 0) is 14.2 Å². The first-order valence-corrected chi connectivity index (χ1v) is 12.6. The number of amides is 2. The Bertz CT molecular complexity index is 1580. The van der Waals surface area contributed by atoms with Crippen molar-refractivity contribution in [2.75, 3.05) is 27.3 Å². The van der Waals surface area contributed by atoms with E-state index >= 15 is 0 Å². The van der Waals surface area contributed by atoms with Crippen LogP contribution in [-0.4, -0.2) is 94.5 Å². The summed E-state index contributed by atoms with van der Waals surface area (Å²) < 4.78 is 14.9. The zero-order valence-electron chi connectivity index (χ0n) is 22.8. The Labute approximate surface area is 243 Å². The Hall–Kier alpha value is -5.79. The highest BCUT2D eigenvalue weighted by atomic mass is 16.6. The molecule has 224 valence electrons. The minimum atomic E-state index is -1.13. The lowest BCUT2D eigenvalue weighted by atomic mass is 9.95. The molecule has 3 aromatic rings. The molecule has 1 aliphatic heterocycles. The fourth-order valence-corrected chi connectivity index (χ4v) is 4.53. The molecule has 0 unspecified atom stereocenters. The third-order valence-electron chi connectivity index (χ3n) is 6.64. The number of hydrogen-bond donors (Lipinski definition) is 5. The number of ether oxygens (including phenoxy) is 3. The molecule has 0 bridgehead atoms. The van der Waals surface area contributed by atoms with Crippen molar-refractivity contribution in [3.05, 3.63) is 82.4 Å². The van der Waals surface area contributed by atoms with Gasteiger partial charge >= 0.3 is 18.0 Å². The van der Waals surface area contributed by atoms with E-state index in [2.05, 4.69) is 10.1 Å². The summed E-state index contributed by atoms with van der Waals surface area (Å²) in [6.07, 6.45) is -1.83. The molecule has 0 radical (unpaired) electrons. The van der Waals surface area contributed by atoms with Crippen LogP contribution in [0.1, 0.15) is 47.0 Å². The number of ketones is 1. The van der Waals surface area contributed by atoms with Crippen molar-refractivity contribution in [3.8, 4) is 23.0 Å². The first-order chi connectivity index (χ1) is 20.4. The topological polar surface area (TPSA) is 209 Å². The number of carbonyl (C=O) groups excluding carboxylic acids is 5. The van der Waals surface area contributed by atoms with E-state index in [0.29, 0.717) is 0 Å². The largest absolute Gasteiger partial charge is 0.508 e. The normalized spacial score (nSPS) is 15.8. The molecule has 4 rings (SSSR count). The molecule has 0 aliphatic carbocycles. The van der Waals surface area contributed by atoms with E-state index in [4.69, 9.17) is 9.47 Å². The van der Waals surface area contributed by atoms with Crippen LogP contribution in [0, 0.1) is 0 Å². The second kappa shape index (κ2) is 12.4. The van der Waals surface area contributed by atoms with Crippen molar-refractivity contribution in [3.63, 3.8) is 0 Å². The van der Waals surface area contributed by atoms with Crippen LogP contribution >= 0.6 is 0 Å². The Morgan fingerprint density at radius 1 is 0.767 bits per heavy atom. The van der Waals surface area contributed by atoms with Crippen molar-refractivity contribution < 1.29 is 58.6 Å². The lowest BCUT2D eigenvalue weighted by Crippen LogP contribution is -2.44. The number of methoxy groups -OCH3 is 2. The van der Waals surface area contributed by atoms with E-state index in [1.165, 1.54) is 41.3 Å². The summed E-state index contributed by atoms with van der Waals surface area (Å²) in [6, 6.07) is 9.76. The Balaban J connectivity index is 1.58. The first-order valence-electron chi connectivity index (χ1n) is 12.6. The van der Waals surface area contributed by atoms with Gasteiger partial charge < -0.3 is 44.9 Å². The molecular formula is C29H26N2O12. The molecule has 43 heavy (non-hydrogen) atoms. The maximum Gasteiger partial charge on any atom is 0.409 e. The molecule has 0 spiro atoms. The van der Waals surface area contributed by atoms with Crippen LogP contribution < -0.4 is 5.32 Å². The number of likely N-dealkylation sites (tertiary alicyclic amines) is 1. The molecule has 3 aromatic carbocycles. The number of aromatic hydroxyl groups is 4. The van der Waals surface area contributed by atoms with E-state index in [0.717, 1.165) is 32.4 Å². The van der Waals surface area contributed by atoms with Gasteiger partial charge in [0.25, 0.3) is 5.91 Å². The van der Waals surface area contributed by atoms with Crippen LogP contribution in [0.5, 0.6) is 23.0 Å². The molecule has 5 N–H and O–H groups in total. The third kappa shape index (κ3) is 6.27. The second-order valence-electron chi connectivity index (χ2n) is 9.36. The number of benzene rings is 3. The summed E-state index contributed by atoms with van der Waals surface area (Å²) >= 11 is 0. The van der Waals surface area contributed by atoms with Crippen molar-refractivity contribution in [2.45, 2.75) is 12.1 Å². The van der Waals surface area contributed by atoms with Crippen molar-refractivity contribution in [2.24, 2.45) is 0 Å². The molecule has 0 aromatic heterocycles. The van der Waals surface area contributed by atoms with Gasteiger partial charge in [0.1, 0.15) is 34.7 Å². The number of nitrogens with zero attached hydrogens (tertiary/aromatic N) is 1. The van der Waals surface area contributed by atoms with E-state index in [9.17, 15) is 44.4 Å². The van der Waals surface area contributed by atoms with Gasteiger partial charge in [-0.05, 0) is 48.5 Å². The van der Waals surface area contributed by atoms with Crippen LogP contribution in [0.3, 0.4) is 0 Å². The fraction of sp³-hybridized carbons (Fsp3) is 0.207. The summed E-state index contributed by atoms with van der Waals surface area (Å²) in [4.78, 5) is 64.5. The van der Waals surface area contributed by atoms with Crippen molar-refractivity contribution in [1.29, 1.82) is 0 Å². The van der Waals surface area contributed by atoms with Crippen LogP contribution in [0.15, 0.2) is 54.6 Å². The molecule has 2 atom stereocenters. The number of hydrogen-bond acceptors (Lipinski definition) is 12. The average molecular weight is 595 g/mol. The third-order valence-corrected chi connectivity index (χ3v) is 6.64.